The molecule has 1 aromatic rings. The van der Waals surface area contributed by atoms with Gasteiger partial charge in [0.05, 0.1) is 16.3 Å². The van der Waals surface area contributed by atoms with Crippen molar-refractivity contribution >= 4 is 35.1 Å². The van der Waals surface area contributed by atoms with Gasteiger partial charge in [-0.05, 0) is 43.7 Å². The summed E-state index contributed by atoms with van der Waals surface area (Å²) in [4.78, 5) is 38.0. The first-order valence-electron chi connectivity index (χ1n) is 8.83. The lowest BCUT2D eigenvalue weighted by Gasteiger charge is -2.33. The highest BCUT2D eigenvalue weighted by molar-refractivity contribution is 6.34. The van der Waals surface area contributed by atoms with Crippen LogP contribution in [0.4, 0.5) is 23.7 Å². The highest BCUT2D eigenvalue weighted by atomic mass is 35.5. The maximum absolute atomic E-state index is 13.1. The molecule has 0 aromatic heterocycles. The number of hydrogen-bond acceptors (Lipinski definition) is 3. The molecule has 3 rings (SSSR count). The number of urea groups is 1. The smallest absolute Gasteiger partial charge is 0.323 e. The third-order valence-corrected chi connectivity index (χ3v) is 5.57. The fourth-order valence-electron chi connectivity index (χ4n) is 3.62. The highest BCUT2D eigenvalue weighted by Gasteiger charge is 2.52. The Kier molecular flexibility index (Phi) is 5.31. The molecule has 28 heavy (non-hydrogen) atoms. The molecule has 0 bridgehead atoms. The molecular weight excluding hydrogens is 399 g/mol. The molecule has 1 aromatic carbocycles. The van der Waals surface area contributed by atoms with E-state index >= 15 is 0 Å². The molecule has 2 fully saturated rings. The molecule has 1 heterocycles. The van der Waals surface area contributed by atoms with Crippen molar-refractivity contribution in [3.63, 3.8) is 0 Å². The van der Waals surface area contributed by atoms with Crippen molar-refractivity contribution in [3.05, 3.63) is 28.8 Å². The predicted octanol–water partition coefficient (Wildman–Crippen LogP) is 3.80. The Morgan fingerprint density at radius 2 is 1.96 bits per heavy atom. The molecular formula is C18H19ClF3N3O3. The average Bonchev–Trinajstić information content (AvgIpc) is 2.83. The van der Waals surface area contributed by atoms with E-state index in [0.717, 1.165) is 29.9 Å². The quantitative estimate of drug-likeness (QED) is 0.734. The van der Waals surface area contributed by atoms with Crippen molar-refractivity contribution in [2.75, 3.05) is 11.9 Å². The van der Waals surface area contributed by atoms with Gasteiger partial charge in [-0.25, -0.2) is 4.79 Å². The Morgan fingerprint density at radius 1 is 1.32 bits per heavy atom. The molecule has 0 radical (unpaired) electrons. The van der Waals surface area contributed by atoms with Gasteiger partial charge in [0, 0.05) is 0 Å². The number of hydrogen-bond donors (Lipinski definition) is 2. The van der Waals surface area contributed by atoms with E-state index in [4.69, 9.17) is 11.6 Å². The first-order valence-corrected chi connectivity index (χ1v) is 9.21. The van der Waals surface area contributed by atoms with Gasteiger partial charge in [0.1, 0.15) is 12.1 Å². The number of amides is 4. The van der Waals surface area contributed by atoms with Crippen LogP contribution in [-0.4, -0.2) is 34.8 Å². The zero-order valence-electron chi connectivity index (χ0n) is 15.0. The molecule has 10 heteroatoms. The van der Waals surface area contributed by atoms with Crippen LogP contribution in [0.3, 0.4) is 0 Å². The van der Waals surface area contributed by atoms with Crippen molar-refractivity contribution < 1.29 is 27.6 Å². The number of alkyl halides is 3. The predicted molar refractivity (Wildman–Crippen MR) is 95.7 cm³/mol. The van der Waals surface area contributed by atoms with Gasteiger partial charge in [-0.15, -0.1) is 0 Å². The zero-order chi connectivity index (χ0) is 20.7. The molecule has 0 unspecified atom stereocenters. The molecule has 1 saturated carbocycles. The maximum Gasteiger partial charge on any atom is 0.418 e. The maximum atomic E-state index is 13.1. The topological polar surface area (TPSA) is 78.5 Å². The molecule has 1 aliphatic carbocycles. The van der Waals surface area contributed by atoms with E-state index in [9.17, 15) is 27.6 Å². The Bertz CT molecular complexity index is 820. The van der Waals surface area contributed by atoms with E-state index in [0.29, 0.717) is 18.8 Å². The van der Waals surface area contributed by atoms with Crippen LogP contribution in [-0.2, 0) is 15.8 Å². The Balaban J connectivity index is 1.74. The number of benzene rings is 1. The molecule has 2 N–H and O–H groups in total. The monoisotopic (exact) mass is 417 g/mol. The van der Waals surface area contributed by atoms with Crippen molar-refractivity contribution in [1.29, 1.82) is 0 Å². The van der Waals surface area contributed by atoms with Crippen molar-refractivity contribution in [2.24, 2.45) is 5.92 Å². The van der Waals surface area contributed by atoms with Crippen LogP contribution < -0.4 is 10.6 Å². The van der Waals surface area contributed by atoms with Gasteiger partial charge in [0.15, 0.2) is 0 Å². The van der Waals surface area contributed by atoms with Crippen molar-refractivity contribution in [3.8, 4) is 0 Å². The van der Waals surface area contributed by atoms with Gasteiger partial charge < -0.3 is 10.6 Å². The van der Waals surface area contributed by atoms with Crippen LogP contribution in [0, 0.1) is 5.92 Å². The first kappa shape index (κ1) is 20.4. The van der Waals surface area contributed by atoms with E-state index in [-0.39, 0.29) is 5.02 Å². The van der Waals surface area contributed by atoms with Gasteiger partial charge in [-0.3, -0.25) is 14.5 Å². The van der Waals surface area contributed by atoms with Crippen LogP contribution in [0.5, 0.6) is 0 Å². The second-order valence-electron chi connectivity index (χ2n) is 7.29. The number of para-hydroxylation sites is 1. The van der Waals surface area contributed by atoms with Crippen molar-refractivity contribution in [1.82, 2.24) is 10.2 Å². The normalized spacial score (nSPS) is 25.2. The van der Waals surface area contributed by atoms with E-state index in [2.05, 4.69) is 17.6 Å². The SMILES string of the molecule is CC1CCC2(CC1)NC(=O)N(CC(=O)Nc1c(Cl)cccc1C(F)(F)F)C2=O. The van der Waals surface area contributed by atoms with Gasteiger partial charge in [-0.2, -0.15) is 13.2 Å². The van der Waals surface area contributed by atoms with Gasteiger partial charge >= 0.3 is 12.2 Å². The summed E-state index contributed by atoms with van der Waals surface area (Å²) in [7, 11) is 0. The Hall–Kier alpha value is -2.29. The molecule has 152 valence electrons. The minimum atomic E-state index is -4.72. The van der Waals surface area contributed by atoms with Gasteiger partial charge in [-0.1, -0.05) is 24.6 Å². The lowest BCUT2D eigenvalue weighted by Crippen LogP contribution is -2.49. The third kappa shape index (κ3) is 3.80. The van der Waals surface area contributed by atoms with Crippen molar-refractivity contribution in [2.45, 2.75) is 44.3 Å². The zero-order valence-corrected chi connectivity index (χ0v) is 15.8. The fourth-order valence-corrected chi connectivity index (χ4v) is 3.85. The van der Waals surface area contributed by atoms with Crippen LogP contribution in [0.15, 0.2) is 18.2 Å². The number of rotatable bonds is 3. The molecule has 1 aliphatic heterocycles. The Morgan fingerprint density at radius 3 is 2.57 bits per heavy atom. The number of imide groups is 1. The summed E-state index contributed by atoms with van der Waals surface area (Å²) in [6.45, 7) is 1.37. The van der Waals surface area contributed by atoms with Crippen LogP contribution >= 0.6 is 11.6 Å². The van der Waals surface area contributed by atoms with Crippen LogP contribution in [0.1, 0.15) is 38.2 Å². The average molecular weight is 418 g/mol. The standard InChI is InChI=1S/C18H19ClF3N3O3/c1-10-5-7-17(8-6-10)15(27)25(16(28)24-17)9-13(26)23-14-11(18(20,21)22)3-2-4-12(14)19/h2-4,10H,5-9H2,1H3,(H,23,26)(H,24,28). The molecule has 1 spiro atoms. The molecule has 4 amide bonds. The summed E-state index contributed by atoms with van der Waals surface area (Å²) in [6.07, 6.45) is -2.25. The van der Waals surface area contributed by atoms with E-state index in [1.165, 1.54) is 6.07 Å². The molecule has 6 nitrogen and oxygen atoms in total. The van der Waals surface area contributed by atoms with E-state index in [1.54, 1.807) is 0 Å². The van der Waals surface area contributed by atoms with Gasteiger partial charge in [0.2, 0.25) is 5.91 Å². The third-order valence-electron chi connectivity index (χ3n) is 5.26. The summed E-state index contributed by atoms with van der Waals surface area (Å²) >= 11 is 5.81. The van der Waals surface area contributed by atoms with E-state index in [1.807, 2.05) is 0 Å². The summed E-state index contributed by atoms with van der Waals surface area (Å²) in [6, 6.07) is 2.39. The Labute approximate surface area is 164 Å². The second kappa shape index (κ2) is 7.27. The van der Waals surface area contributed by atoms with Crippen LogP contribution in [0.2, 0.25) is 5.02 Å². The number of nitrogens with zero attached hydrogens (tertiary/aromatic N) is 1. The fraction of sp³-hybridized carbons (Fsp3) is 0.500. The van der Waals surface area contributed by atoms with Gasteiger partial charge in [0.25, 0.3) is 5.91 Å². The van der Waals surface area contributed by atoms with E-state index < -0.39 is 47.4 Å². The lowest BCUT2D eigenvalue weighted by atomic mass is 9.77. The number of nitrogens with one attached hydrogen (secondary N) is 2. The highest BCUT2D eigenvalue weighted by Crippen LogP contribution is 2.39. The minimum Gasteiger partial charge on any atom is -0.323 e. The summed E-state index contributed by atoms with van der Waals surface area (Å²) in [5.74, 6) is -1.02. The number of halogens is 4. The number of carbonyl (C=O) groups is 3. The molecule has 2 aliphatic rings. The number of carbonyl (C=O) groups excluding carboxylic acids is 3. The summed E-state index contributed by atoms with van der Waals surface area (Å²) in [5.41, 5.74) is -2.73. The summed E-state index contributed by atoms with van der Waals surface area (Å²) < 4.78 is 39.4. The summed E-state index contributed by atoms with van der Waals surface area (Å²) in [5, 5.41) is 4.45. The van der Waals surface area contributed by atoms with Crippen LogP contribution in [0.25, 0.3) is 0 Å². The molecule has 1 saturated heterocycles. The first-order chi connectivity index (χ1) is 13.0. The number of anilines is 1. The minimum absolute atomic E-state index is 0.293. The second-order valence-corrected chi connectivity index (χ2v) is 7.70. The lowest BCUT2D eigenvalue weighted by molar-refractivity contribution is -0.137. The molecule has 0 atom stereocenters. The largest absolute Gasteiger partial charge is 0.418 e.